The lowest BCUT2D eigenvalue weighted by molar-refractivity contribution is 0.0946. The third kappa shape index (κ3) is 4.11. The second kappa shape index (κ2) is 7.45. The number of piperazine rings is 1. The van der Waals surface area contributed by atoms with E-state index in [0.29, 0.717) is 12.2 Å². The van der Waals surface area contributed by atoms with Crippen LogP contribution in [0, 0.1) is 6.92 Å². The fraction of sp³-hybridized carbons (Fsp3) is 0.368. The summed E-state index contributed by atoms with van der Waals surface area (Å²) >= 11 is 0. The number of aromatic nitrogens is 1. The number of hydrogen-bond acceptors (Lipinski definition) is 4. The molecule has 0 aliphatic carbocycles. The number of anilines is 1. The monoisotopic (exact) mass is 324 g/mol. The van der Waals surface area contributed by atoms with E-state index >= 15 is 0 Å². The standard InChI is InChI=1S/C19H24N4O/c1-15-3-5-16(6-4-15)14-21-19(24)18-13-17(7-8-20-18)23-11-9-22(2)10-12-23/h3-8,13H,9-12,14H2,1-2H3,(H,21,24). The molecule has 24 heavy (non-hydrogen) atoms. The molecule has 1 fully saturated rings. The van der Waals surface area contributed by atoms with E-state index in [0.717, 1.165) is 37.4 Å². The Labute approximate surface area is 143 Å². The molecule has 1 saturated heterocycles. The Morgan fingerprint density at radius 3 is 2.54 bits per heavy atom. The van der Waals surface area contributed by atoms with Crippen molar-refractivity contribution in [2.75, 3.05) is 38.1 Å². The smallest absolute Gasteiger partial charge is 0.270 e. The highest BCUT2D eigenvalue weighted by Gasteiger charge is 2.16. The van der Waals surface area contributed by atoms with Gasteiger partial charge >= 0.3 is 0 Å². The molecule has 1 amide bonds. The molecule has 2 aromatic rings. The molecule has 1 aromatic heterocycles. The van der Waals surface area contributed by atoms with E-state index in [1.54, 1.807) is 6.20 Å². The number of likely N-dealkylation sites (N-methyl/N-ethyl adjacent to an activating group) is 1. The molecule has 2 heterocycles. The normalized spacial score (nSPS) is 15.3. The summed E-state index contributed by atoms with van der Waals surface area (Å²) in [5.41, 5.74) is 3.84. The van der Waals surface area contributed by atoms with Gasteiger partial charge in [0.2, 0.25) is 0 Å². The summed E-state index contributed by atoms with van der Waals surface area (Å²) in [6.45, 7) is 6.60. The maximum absolute atomic E-state index is 12.4. The predicted molar refractivity (Wildman–Crippen MR) is 96.3 cm³/mol. The number of rotatable bonds is 4. The number of benzene rings is 1. The van der Waals surface area contributed by atoms with Crippen LogP contribution in [-0.2, 0) is 6.54 Å². The van der Waals surface area contributed by atoms with Gasteiger partial charge in [-0.25, -0.2) is 0 Å². The first kappa shape index (κ1) is 16.5. The second-order valence-corrected chi connectivity index (χ2v) is 6.36. The molecule has 126 valence electrons. The maximum Gasteiger partial charge on any atom is 0.270 e. The minimum atomic E-state index is -0.133. The SMILES string of the molecule is Cc1ccc(CNC(=O)c2cc(N3CCN(C)CC3)ccn2)cc1. The Morgan fingerprint density at radius 1 is 1.12 bits per heavy atom. The molecule has 3 rings (SSSR count). The van der Waals surface area contributed by atoms with Crippen LogP contribution in [0.3, 0.4) is 0 Å². The van der Waals surface area contributed by atoms with Crippen LogP contribution >= 0.6 is 0 Å². The van der Waals surface area contributed by atoms with Crippen LogP contribution in [-0.4, -0.2) is 49.0 Å². The van der Waals surface area contributed by atoms with Gasteiger partial charge in [-0.05, 0) is 31.7 Å². The number of nitrogens with one attached hydrogen (secondary N) is 1. The first-order chi connectivity index (χ1) is 11.6. The van der Waals surface area contributed by atoms with Crippen LogP contribution in [0.4, 0.5) is 5.69 Å². The van der Waals surface area contributed by atoms with Gasteiger partial charge in [-0.2, -0.15) is 0 Å². The number of amides is 1. The summed E-state index contributed by atoms with van der Waals surface area (Å²) in [7, 11) is 2.13. The summed E-state index contributed by atoms with van der Waals surface area (Å²) in [5, 5.41) is 2.94. The van der Waals surface area contributed by atoms with Crippen LogP contribution in [0.15, 0.2) is 42.6 Å². The van der Waals surface area contributed by atoms with Gasteiger partial charge in [-0.1, -0.05) is 29.8 Å². The van der Waals surface area contributed by atoms with Crippen LogP contribution in [0.1, 0.15) is 21.6 Å². The molecular weight excluding hydrogens is 300 g/mol. The number of pyridine rings is 1. The Balaban J connectivity index is 1.62. The fourth-order valence-corrected chi connectivity index (χ4v) is 2.78. The molecule has 0 bridgehead atoms. The number of carbonyl (C=O) groups excluding carboxylic acids is 1. The molecule has 0 saturated carbocycles. The van der Waals surface area contributed by atoms with Crippen molar-refractivity contribution in [2.45, 2.75) is 13.5 Å². The van der Waals surface area contributed by atoms with Crippen molar-refractivity contribution >= 4 is 11.6 Å². The van der Waals surface area contributed by atoms with Crippen LogP contribution < -0.4 is 10.2 Å². The molecule has 1 N–H and O–H groups in total. The first-order valence-electron chi connectivity index (χ1n) is 8.35. The van der Waals surface area contributed by atoms with Gasteiger partial charge in [0.05, 0.1) is 0 Å². The van der Waals surface area contributed by atoms with Crippen molar-refractivity contribution in [3.8, 4) is 0 Å². The van der Waals surface area contributed by atoms with Crippen LogP contribution in [0.5, 0.6) is 0 Å². The van der Waals surface area contributed by atoms with Crippen molar-refractivity contribution in [1.82, 2.24) is 15.2 Å². The molecule has 5 heteroatoms. The Kier molecular flexibility index (Phi) is 5.11. The Morgan fingerprint density at radius 2 is 1.83 bits per heavy atom. The third-order valence-corrected chi connectivity index (χ3v) is 4.42. The van der Waals surface area contributed by atoms with Gasteiger partial charge < -0.3 is 15.1 Å². The molecule has 0 unspecified atom stereocenters. The molecule has 0 atom stereocenters. The molecule has 1 aromatic carbocycles. The zero-order valence-corrected chi connectivity index (χ0v) is 14.3. The zero-order chi connectivity index (χ0) is 16.9. The Bertz CT molecular complexity index is 691. The average molecular weight is 324 g/mol. The van der Waals surface area contributed by atoms with E-state index in [-0.39, 0.29) is 5.91 Å². The van der Waals surface area contributed by atoms with Crippen LogP contribution in [0.25, 0.3) is 0 Å². The number of carbonyl (C=O) groups is 1. The second-order valence-electron chi connectivity index (χ2n) is 6.36. The molecule has 0 spiro atoms. The maximum atomic E-state index is 12.4. The molecule has 1 aliphatic rings. The number of hydrogen-bond donors (Lipinski definition) is 1. The first-order valence-corrected chi connectivity index (χ1v) is 8.35. The van der Waals surface area contributed by atoms with Gasteiger partial charge in [-0.3, -0.25) is 9.78 Å². The van der Waals surface area contributed by atoms with Crippen molar-refractivity contribution in [3.05, 3.63) is 59.4 Å². The van der Waals surface area contributed by atoms with Crippen molar-refractivity contribution in [2.24, 2.45) is 0 Å². The largest absolute Gasteiger partial charge is 0.369 e. The van der Waals surface area contributed by atoms with E-state index in [9.17, 15) is 4.79 Å². The van der Waals surface area contributed by atoms with Gasteiger partial charge in [0.1, 0.15) is 5.69 Å². The quantitative estimate of drug-likeness (QED) is 0.935. The van der Waals surface area contributed by atoms with Crippen molar-refractivity contribution < 1.29 is 4.79 Å². The van der Waals surface area contributed by atoms with Crippen LogP contribution in [0.2, 0.25) is 0 Å². The summed E-state index contributed by atoms with van der Waals surface area (Å²) in [6.07, 6.45) is 1.72. The molecule has 1 aliphatic heterocycles. The molecule has 0 radical (unpaired) electrons. The Hall–Kier alpha value is -2.40. The molecular formula is C19H24N4O. The van der Waals surface area contributed by atoms with E-state index in [1.165, 1.54) is 5.56 Å². The topological polar surface area (TPSA) is 48.5 Å². The van der Waals surface area contributed by atoms with E-state index < -0.39 is 0 Å². The number of aryl methyl sites for hydroxylation is 1. The molecule has 5 nitrogen and oxygen atoms in total. The number of nitrogens with zero attached hydrogens (tertiary/aromatic N) is 3. The van der Waals surface area contributed by atoms with Gasteiger partial charge in [0.25, 0.3) is 5.91 Å². The minimum Gasteiger partial charge on any atom is -0.369 e. The van der Waals surface area contributed by atoms with E-state index in [1.807, 2.05) is 36.4 Å². The van der Waals surface area contributed by atoms with Gasteiger partial charge in [0, 0.05) is 44.6 Å². The van der Waals surface area contributed by atoms with E-state index in [4.69, 9.17) is 0 Å². The summed E-state index contributed by atoms with van der Waals surface area (Å²) in [6, 6.07) is 12.0. The van der Waals surface area contributed by atoms with Gasteiger partial charge in [0.15, 0.2) is 0 Å². The average Bonchev–Trinajstić information content (AvgIpc) is 2.62. The minimum absolute atomic E-state index is 0.133. The van der Waals surface area contributed by atoms with E-state index in [2.05, 4.69) is 34.1 Å². The highest BCUT2D eigenvalue weighted by atomic mass is 16.1. The highest BCUT2D eigenvalue weighted by molar-refractivity contribution is 5.93. The summed E-state index contributed by atoms with van der Waals surface area (Å²) < 4.78 is 0. The lowest BCUT2D eigenvalue weighted by Crippen LogP contribution is -2.44. The lowest BCUT2D eigenvalue weighted by Gasteiger charge is -2.34. The summed E-state index contributed by atoms with van der Waals surface area (Å²) in [5.74, 6) is -0.133. The lowest BCUT2D eigenvalue weighted by atomic mass is 10.1. The summed E-state index contributed by atoms with van der Waals surface area (Å²) in [4.78, 5) is 21.2. The highest BCUT2D eigenvalue weighted by Crippen LogP contribution is 2.16. The van der Waals surface area contributed by atoms with Crippen molar-refractivity contribution in [1.29, 1.82) is 0 Å². The third-order valence-electron chi connectivity index (χ3n) is 4.42. The van der Waals surface area contributed by atoms with Gasteiger partial charge in [-0.15, -0.1) is 0 Å². The fourth-order valence-electron chi connectivity index (χ4n) is 2.78. The van der Waals surface area contributed by atoms with Crippen molar-refractivity contribution in [3.63, 3.8) is 0 Å². The zero-order valence-electron chi connectivity index (χ0n) is 14.3. The predicted octanol–water partition coefficient (Wildman–Crippen LogP) is 2.07.